The summed E-state index contributed by atoms with van der Waals surface area (Å²) in [6.07, 6.45) is 0. The Hall–Kier alpha value is -0.550. The molecule has 1 aliphatic rings. The second-order valence-electron chi connectivity index (χ2n) is 1.63. The molecular weight excluding hydrogens is 140 g/mol. The van der Waals surface area contributed by atoms with Crippen LogP contribution in [0, 0.1) is 0 Å². The van der Waals surface area contributed by atoms with Crippen LogP contribution in [0.2, 0.25) is 0 Å². The first-order chi connectivity index (χ1) is 4.22. The topological polar surface area (TPSA) is 63.4 Å². The summed E-state index contributed by atoms with van der Waals surface area (Å²) in [5, 5.41) is 0.488. The zero-order valence-electron chi connectivity index (χ0n) is 4.66. The molecule has 0 aromatic carbocycles. The Kier molecular flexibility index (Phi) is 1.73. The van der Waals surface area contributed by atoms with Crippen molar-refractivity contribution < 1.29 is 9.59 Å². The number of hydrogen-bond acceptors (Lipinski definition) is 4. The molecule has 1 rings (SSSR count). The van der Waals surface area contributed by atoms with Crippen LogP contribution in [0.1, 0.15) is 0 Å². The highest BCUT2D eigenvalue weighted by Gasteiger charge is 2.24. The summed E-state index contributed by atoms with van der Waals surface area (Å²) in [6.45, 7) is 0.468. The maximum absolute atomic E-state index is 10.6. The molecule has 1 aliphatic heterocycles. The van der Waals surface area contributed by atoms with Gasteiger partial charge in [-0.2, -0.15) is 0 Å². The fraction of sp³-hybridized carbons (Fsp3) is 0.500. The fourth-order valence-electron chi connectivity index (χ4n) is 0.517. The van der Waals surface area contributed by atoms with Gasteiger partial charge in [0.05, 0.1) is 0 Å². The molecule has 4 nitrogen and oxygen atoms in total. The molecule has 1 heterocycles. The number of amides is 1. The molecule has 1 amide bonds. The molecule has 50 valence electrons. The highest BCUT2D eigenvalue weighted by atomic mass is 32.2. The van der Waals surface area contributed by atoms with Crippen LogP contribution in [0.15, 0.2) is 0 Å². The summed E-state index contributed by atoms with van der Waals surface area (Å²) in [5.41, 5.74) is 0. The molecule has 0 aromatic heterocycles. The molecule has 0 unspecified atom stereocenters. The van der Waals surface area contributed by atoms with Gasteiger partial charge in [0.25, 0.3) is 5.12 Å². The number of hydrazine groups is 1. The number of thioether (sulfide) groups is 1. The highest BCUT2D eigenvalue weighted by Crippen LogP contribution is 2.08. The van der Waals surface area contributed by atoms with E-state index in [-0.39, 0.29) is 0 Å². The van der Waals surface area contributed by atoms with E-state index in [0.29, 0.717) is 12.3 Å². The van der Waals surface area contributed by atoms with Crippen molar-refractivity contribution in [3.63, 3.8) is 0 Å². The molecule has 0 atom stereocenters. The summed E-state index contributed by atoms with van der Waals surface area (Å²) in [5.74, 6) is 5.14. The predicted octanol–water partition coefficient (Wildman–Crippen LogP) is -1.04. The van der Waals surface area contributed by atoms with E-state index in [4.69, 9.17) is 5.84 Å². The summed E-state index contributed by atoms with van der Waals surface area (Å²) < 4.78 is 0. The number of carbonyl (C=O) groups excluding carboxylic acids is 2. The van der Waals surface area contributed by atoms with Crippen LogP contribution in [-0.4, -0.2) is 28.3 Å². The zero-order chi connectivity index (χ0) is 6.85. The summed E-state index contributed by atoms with van der Waals surface area (Å²) in [6, 6.07) is 0. The number of carbonyl (C=O) groups is 2. The van der Waals surface area contributed by atoms with Crippen LogP contribution in [0.4, 0.5) is 0 Å². The molecule has 1 saturated heterocycles. The third kappa shape index (κ3) is 1.22. The first kappa shape index (κ1) is 6.57. The normalized spacial score (nSPS) is 20.8. The molecule has 0 radical (unpaired) electrons. The highest BCUT2D eigenvalue weighted by molar-refractivity contribution is 8.15. The van der Waals surface area contributed by atoms with Crippen LogP contribution in [0.5, 0.6) is 0 Å². The Morgan fingerprint density at radius 3 is 2.67 bits per heavy atom. The first-order valence-corrected chi connectivity index (χ1v) is 3.43. The van der Waals surface area contributed by atoms with Crippen molar-refractivity contribution in [2.75, 3.05) is 12.3 Å². The lowest BCUT2D eigenvalue weighted by atomic mass is 10.6. The standard InChI is InChI=1S/C4H6N2O2S/c5-6-1-2-9-4(8)3(6)7/h1-2,5H2. The zero-order valence-corrected chi connectivity index (χ0v) is 5.48. The van der Waals surface area contributed by atoms with Crippen molar-refractivity contribution in [1.29, 1.82) is 0 Å². The Balaban J connectivity index is 2.62. The molecule has 9 heavy (non-hydrogen) atoms. The van der Waals surface area contributed by atoms with Crippen molar-refractivity contribution in [3.8, 4) is 0 Å². The van der Waals surface area contributed by atoms with Crippen molar-refractivity contribution >= 4 is 22.8 Å². The number of nitrogens with zero attached hydrogens (tertiary/aromatic N) is 1. The lowest BCUT2D eigenvalue weighted by Gasteiger charge is -2.18. The second-order valence-corrected chi connectivity index (χ2v) is 2.70. The van der Waals surface area contributed by atoms with Gasteiger partial charge in [-0.3, -0.25) is 14.6 Å². The van der Waals surface area contributed by atoms with E-state index in [1.165, 1.54) is 0 Å². The molecule has 0 aromatic rings. The van der Waals surface area contributed by atoms with Gasteiger partial charge in [0.2, 0.25) is 0 Å². The third-order valence-corrected chi connectivity index (χ3v) is 1.82. The van der Waals surface area contributed by atoms with Crippen molar-refractivity contribution in [2.24, 2.45) is 5.84 Å². The molecule has 5 heteroatoms. The van der Waals surface area contributed by atoms with Crippen LogP contribution < -0.4 is 5.84 Å². The molecule has 1 fully saturated rings. The Labute approximate surface area is 56.3 Å². The van der Waals surface area contributed by atoms with Gasteiger partial charge in [0.15, 0.2) is 0 Å². The first-order valence-electron chi connectivity index (χ1n) is 2.45. The molecule has 0 spiro atoms. The minimum atomic E-state index is -0.591. The SMILES string of the molecule is NN1CCSC(=O)C1=O. The predicted molar refractivity (Wildman–Crippen MR) is 33.4 cm³/mol. The lowest BCUT2D eigenvalue weighted by Crippen LogP contribution is -2.45. The van der Waals surface area contributed by atoms with Gasteiger partial charge in [-0.1, -0.05) is 11.8 Å². The van der Waals surface area contributed by atoms with Gasteiger partial charge < -0.3 is 0 Å². The quantitative estimate of drug-likeness (QED) is 0.269. The van der Waals surface area contributed by atoms with Gasteiger partial charge in [0.1, 0.15) is 0 Å². The monoisotopic (exact) mass is 146 g/mol. The Bertz CT molecular complexity index is 159. The number of rotatable bonds is 0. The van der Waals surface area contributed by atoms with Crippen molar-refractivity contribution in [1.82, 2.24) is 5.01 Å². The molecule has 0 saturated carbocycles. The van der Waals surface area contributed by atoms with Gasteiger partial charge in [-0.05, 0) is 0 Å². The van der Waals surface area contributed by atoms with Gasteiger partial charge >= 0.3 is 5.91 Å². The molecule has 0 aliphatic carbocycles. The molecule has 2 N–H and O–H groups in total. The van der Waals surface area contributed by atoms with Crippen LogP contribution >= 0.6 is 11.8 Å². The summed E-state index contributed by atoms with van der Waals surface area (Å²) >= 11 is 1.02. The molecular formula is C4H6N2O2S. The van der Waals surface area contributed by atoms with E-state index < -0.39 is 11.0 Å². The largest absolute Gasteiger partial charge is 0.315 e. The van der Waals surface area contributed by atoms with E-state index in [1.807, 2.05) is 0 Å². The Morgan fingerprint density at radius 1 is 1.56 bits per heavy atom. The van der Waals surface area contributed by atoms with Crippen molar-refractivity contribution in [2.45, 2.75) is 0 Å². The van der Waals surface area contributed by atoms with Crippen molar-refractivity contribution in [3.05, 3.63) is 0 Å². The third-order valence-electron chi connectivity index (χ3n) is 1.00. The Morgan fingerprint density at radius 2 is 2.22 bits per heavy atom. The number of nitrogens with two attached hydrogens (primary N) is 1. The second kappa shape index (κ2) is 2.36. The molecule has 0 bridgehead atoms. The fourth-order valence-corrected chi connectivity index (χ4v) is 1.23. The van der Waals surface area contributed by atoms with E-state index in [2.05, 4.69) is 0 Å². The van der Waals surface area contributed by atoms with E-state index in [9.17, 15) is 9.59 Å². The average Bonchev–Trinajstić information content (AvgIpc) is 1.83. The van der Waals surface area contributed by atoms with Gasteiger partial charge in [-0.15, -0.1) is 0 Å². The smallest absolute Gasteiger partial charge is 0.276 e. The minimum absolute atomic E-state index is 0.455. The van der Waals surface area contributed by atoms with Crippen LogP contribution in [0.25, 0.3) is 0 Å². The lowest BCUT2D eigenvalue weighted by molar-refractivity contribution is -0.140. The van der Waals surface area contributed by atoms with Crippen LogP contribution in [-0.2, 0) is 9.59 Å². The van der Waals surface area contributed by atoms with Gasteiger partial charge in [0, 0.05) is 12.3 Å². The summed E-state index contributed by atoms with van der Waals surface area (Å²) in [7, 11) is 0. The van der Waals surface area contributed by atoms with E-state index in [1.54, 1.807) is 0 Å². The average molecular weight is 146 g/mol. The minimum Gasteiger partial charge on any atom is -0.276 e. The number of hydrogen-bond donors (Lipinski definition) is 1. The van der Waals surface area contributed by atoms with Crippen LogP contribution in [0.3, 0.4) is 0 Å². The van der Waals surface area contributed by atoms with E-state index in [0.717, 1.165) is 16.8 Å². The summed E-state index contributed by atoms with van der Waals surface area (Å²) in [4.78, 5) is 21.1. The maximum Gasteiger partial charge on any atom is 0.315 e. The maximum atomic E-state index is 10.6. The van der Waals surface area contributed by atoms with Gasteiger partial charge in [-0.25, -0.2) is 5.84 Å². The van der Waals surface area contributed by atoms with E-state index >= 15 is 0 Å².